The minimum atomic E-state index is -0.655. The number of amides is 2. The van der Waals surface area contributed by atoms with Crippen LogP contribution in [-0.2, 0) is 16.0 Å². The van der Waals surface area contributed by atoms with Crippen LogP contribution in [0.5, 0.6) is 0 Å². The Kier molecular flexibility index (Phi) is 4.59. The standard InChI is InChI=1S/C23H31N3O4/c1-23(2,3)30-22(29)26-11-15-8-14-9-17(14)25(15)12-18(26)21(28)24-20-16-7-5-4-6-13(16)10-19(20)27/h4-7,14-15,17-20,27H,8-12H2,1-3H3,(H,24,28)/t14-,15+,17+,18-,19-,20-/m0/s1. The predicted molar refractivity (Wildman–Crippen MR) is 111 cm³/mol. The lowest BCUT2D eigenvalue weighted by molar-refractivity contribution is -0.131. The number of piperazine rings is 1. The molecule has 2 amide bonds. The number of piperidine rings is 1. The van der Waals surface area contributed by atoms with Crippen LogP contribution in [0.2, 0.25) is 0 Å². The number of nitrogens with zero attached hydrogens (tertiary/aromatic N) is 2. The third-order valence-corrected chi connectivity index (χ3v) is 6.95. The Morgan fingerprint density at radius 1 is 1.17 bits per heavy atom. The van der Waals surface area contributed by atoms with Gasteiger partial charge in [-0.1, -0.05) is 24.3 Å². The molecule has 0 aromatic heterocycles. The van der Waals surface area contributed by atoms with Crippen LogP contribution in [0.3, 0.4) is 0 Å². The van der Waals surface area contributed by atoms with Crippen molar-refractivity contribution in [3.05, 3.63) is 35.4 Å². The van der Waals surface area contributed by atoms with Gasteiger partial charge in [-0.2, -0.15) is 0 Å². The molecule has 1 aromatic carbocycles. The number of nitrogens with one attached hydrogen (secondary N) is 1. The first kappa shape index (κ1) is 19.8. The Hall–Kier alpha value is -2.12. The van der Waals surface area contributed by atoms with E-state index >= 15 is 0 Å². The summed E-state index contributed by atoms with van der Waals surface area (Å²) in [5.74, 6) is 0.491. The highest BCUT2D eigenvalue weighted by molar-refractivity contribution is 5.87. The van der Waals surface area contributed by atoms with E-state index in [1.54, 1.807) is 4.90 Å². The highest BCUT2D eigenvalue weighted by Crippen LogP contribution is 2.49. The van der Waals surface area contributed by atoms with E-state index in [0.717, 1.165) is 17.5 Å². The van der Waals surface area contributed by atoms with Crippen molar-refractivity contribution in [2.45, 2.75) is 75.9 Å². The van der Waals surface area contributed by atoms with Gasteiger partial charge in [-0.25, -0.2) is 4.79 Å². The second kappa shape index (κ2) is 6.95. The summed E-state index contributed by atoms with van der Waals surface area (Å²) in [6, 6.07) is 7.61. The predicted octanol–water partition coefficient (Wildman–Crippen LogP) is 1.84. The maximum atomic E-state index is 13.4. The molecule has 2 N–H and O–H groups in total. The molecule has 30 heavy (non-hydrogen) atoms. The van der Waals surface area contributed by atoms with E-state index in [2.05, 4.69) is 10.2 Å². The zero-order chi connectivity index (χ0) is 21.2. The van der Waals surface area contributed by atoms with Gasteiger partial charge in [0.05, 0.1) is 12.1 Å². The third kappa shape index (κ3) is 3.48. The number of ether oxygens (including phenoxy) is 1. The molecule has 0 radical (unpaired) electrons. The molecule has 2 aliphatic carbocycles. The van der Waals surface area contributed by atoms with Crippen molar-refractivity contribution in [2.75, 3.05) is 13.1 Å². The van der Waals surface area contributed by atoms with Crippen LogP contribution in [0.1, 0.15) is 50.8 Å². The van der Waals surface area contributed by atoms with E-state index < -0.39 is 29.9 Å². The first-order valence-corrected chi connectivity index (χ1v) is 11.0. The maximum Gasteiger partial charge on any atom is 0.411 e. The van der Waals surface area contributed by atoms with Gasteiger partial charge in [-0.3, -0.25) is 14.6 Å². The van der Waals surface area contributed by atoms with Gasteiger partial charge >= 0.3 is 6.09 Å². The summed E-state index contributed by atoms with van der Waals surface area (Å²) in [6.45, 7) is 6.57. The molecule has 3 fully saturated rings. The van der Waals surface area contributed by atoms with E-state index in [-0.39, 0.29) is 5.91 Å². The lowest BCUT2D eigenvalue weighted by Crippen LogP contribution is -2.64. The zero-order valence-electron chi connectivity index (χ0n) is 17.9. The highest BCUT2D eigenvalue weighted by atomic mass is 16.6. The average molecular weight is 414 g/mol. The fourth-order valence-corrected chi connectivity index (χ4v) is 5.51. The summed E-state index contributed by atoms with van der Waals surface area (Å²) < 4.78 is 5.63. The van der Waals surface area contributed by atoms with Crippen molar-refractivity contribution in [2.24, 2.45) is 5.92 Å². The summed E-state index contributed by atoms with van der Waals surface area (Å²) in [7, 11) is 0. The molecule has 0 spiro atoms. The number of aliphatic hydroxyl groups excluding tert-OH is 1. The molecule has 6 atom stereocenters. The average Bonchev–Trinajstić information content (AvgIpc) is 3.25. The van der Waals surface area contributed by atoms with Gasteiger partial charge in [0.25, 0.3) is 0 Å². The van der Waals surface area contributed by atoms with Crippen LogP contribution in [0, 0.1) is 5.92 Å². The Bertz CT molecular complexity index is 866. The second-order valence-electron chi connectivity index (χ2n) is 10.3. The monoisotopic (exact) mass is 413 g/mol. The van der Waals surface area contributed by atoms with E-state index in [1.807, 2.05) is 45.0 Å². The number of fused-ring (bicyclic) bond motifs is 4. The molecule has 7 heteroatoms. The Balaban J connectivity index is 1.36. The Morgan fingerprint density at radius 3 is 2.70 bits per heavy atom. The number of benzene rings is 1. The minimum Gasteiger partial charge on any atom is -0.444 e. The fraction of sp³-hybridized carbons (Fsp3) is 0.652. The third-order valence-electron chi connectivity index (χ3n) is 6.95. The van der Waals surface area contributed by atoms with Crippen molar-refractivity contribution in [1.82, 2.24) is 15.1 Å². The Morgan fingerprint density at radius 2 is 1.93 bits per heavy atom. The van der Waals surface area contributed by atoms with E-state index in [9.17, 15) is 14.7 Å². The minimum absolute atomic E-state index is 0.218. The highest BCUT2D eigenvalue weighted by Gasteiger charge is 2.56. The topological polar surface area (TPSA) is 82.1 Å². The van der Waals surface area contributed by atoms with Gasteiger partial charge in [0.1, 0.15) is 11.6 Å². The van der Waals surface area contributed by atoms with Crippen LogP contribution in [-0.4, -0.2) is 69.8 Å². The molecular weight excluding hydrogens is 382 g/mol. The quantitative estimate of drug-likeness (QED) is 0.773. The Labute approximate surface area is 177 Å². The van der Waals surface area contributed by atoms with Crippen molar-refractivity contribution in [3.63, 3.8) is 0 Å². The van der Waals surface area contributed by atoms with Crippen molar-refractivity contribution in [1.29, 1.82) is 0 Å². The molecule has 0 bridgehead atoms. The second-order valence-corrected chi connectivity index (χ2v) is 10.3. The van der Waals surface area contributed by atoms with Crippen LogP contribution < -0.4 is 5.32 Å². The van der Waals surface area contributed by atoms with Crippen molar-refractivity contribution in [3.8, 4) is 0 Å². The summed E-state index contributed by atoms with van der Waals surface area (Å²) >= 11 is 0. The number of aliphatic hydroxyl groups is 1. The molecule has 2 aliphatic heterocycles. The first-order valence-electron chi connectivity index (χ1n) is 11.0. The summed E-state index contributed by atoms with van der Waals surface area (Å²) in [5, 5.41) is 13.6. The molecule has 1 aromatic rings. The first-order chi connectivity index (χ1) is 14.2. The van der Waals surface area contributed by atoms with Crippen LogP contribution >= 0.6 is 0 Å². The number of rotatable bonds is 2. The fourth-order valence-electron chi connectivity index (χ4n) is 5.51. The summed E-state index contributed by atoms with van der Waals surface area (Å²) in [5.41, 5.74) is 1.40. The van der Waals surface area contributed by atoms with Crippen LogP contribution in [0.25, 0.3) is 0 Å². The summed E-state index contributed by atoms with van der Waals surface area (Å²) in [4.78, 5) is 30.4. The molecule has 1 saturated carbocycles. The van der Waals surface area contributed by atoms with E-state index in [4.69, 9.17) is 4.74 Å². The van der Waals surface area contributed by atoms with Crippen molar-refractivity contribution < 1.29 is 19.4 Å². The largest absolute Gasteiger partial charge is 0.444 e. The molecule has 0 unspecified atom stereocenters. The van der Waals surface area contributed by atoms with E-state index in [0.29, 0.717) is 37.5 Å². The molecule has 2 saturated heterocycles. The van der Waals surface area contributed by atoms with E-state index in [1.165, 1.54) is 6.42 Å². The van der Waals surface area contributed by atoms with Gasteiger partial charge in [0.2, 0.25) is 5.91 Å². The lowest BCUT2D eigenvalue weighted by atomic mass is 10.0. The van der Waals surface area contributed by atoms with Gasteiger partial charge < -0.3 is 15.2 Å². The molecule has 2 heterocycles. The molecule has 162 valence electrons. The zero-order valence-corrected chi connectivity index (χ0v) is 17.9. The smallest absolute Gasteiger partial charge is 0.411 e. The number of carbonyl (C=O) groups is 2. The molecule has 4 aliphatic rings. The van der Waals surface area contributed by atoms with Gasteiger partial charge in [-0.05, 0) is 50.7 Å². The summed E-state index contributed by atoms with van der Waals surface area (Å²) in [6.07, 6.45) is 1.73. The molecule has 7 nitrogen and oxygen atoms in total. The normalized spacial score (nSPS) is 34.7. The maximum absolute atomic E-state index is 13.4. The van der Waals surface area contributed by atoms with Gasteiger partial charge in [0, 0.05) is 31.6 Å². The number of hydrogen-bond donors (Lipinski definition) is 2. The number of hydrogen-bond acceptors (Lipinski definition) is 5. The van der Waals surface area contributed by atoms with Gasteiger partial charge in [-0.15, -0.1) is 0 Å². The lowest BCUT2D eigenvalue weighted by Gasteiger charge is -2.44. The molecular formula is C23H31N3O4. The van der Waals surface area contributed by atoms with Gasteiger partial charge in [0.15, 0.2) is 0 Å². The number of carbonyl (C=O) groups excluding carboxylic acids is 2. The van der Waals surface area contributed by atoms with Crippen LogP contribution in [0.4, 0.5) is 4.79 Å². The molecule has 5 rings (SSSR count). The SMILES string of the molecule is CC(C)(C)OC(=O)N1C[C@H]2C[C@H]3C[C@H]3N2C[C@H]1C(=O)N[C@H]1c2ccccc2C[C@@H]1O. The van der Waals surface area contributed by atoms with Crippen molar-refractivity contribution >= 4 is 12.0 Å². The van der Waals surface area contributed by atoms with Crippen LogP contribution in [0.15, 0.2) is 24.3 Å².